The van der Waals surface area contributed by atoms with E-state index in [4.69, 9.17) is 9.47 Å². The zero-order valence-electron chi connectivity index (χ0n) is 39.5. The number of thiol groups is 1. The molecule has 0 aromatic carbocycles. The van der Waals surface area contributed by atoms with E-state index in [-0.39, 0.29) is 71.9 Å². The van der Waals surface area contributed by atoms with Crippen molar-refractivity contribution in [3.05, 3.63) is 107 Å². The van der Waals surface area contributed by atoms with Crippen molar-refractivity contribution in [3.8, 4) is 0 Å². The van der Waals surface area contributed by atoms with E-state index in [1.807, 2.05) is 0 Å². The van der Waals surface area contributed by atoms with Gasteiger partial charge < -0.3 is 41.4 Å². The molecule has 0 unspecified atom stereocenters. The molecule has 0 radical (unpaired) electrons. The van der Waals surface area contributed by atoms with Gasteiger partial charge in [0.15, 0.2) is 5.62 Å². The lowest BCUT2D eigenvalue weighted by molar-refractivity contribution is -0.153. The molecule has 4 rings (SSSR count). The van der Waals surface area contributed by atoms with Gasteiger partial charge >= 0.3 is 11.9 Å². The summed E-state index contributed by atoms with van der Waals surface area (Å²) in [6.07, 6.45) is 8.06. The van der Waals surface area contributed by atoms with E-state index >= 15 is 0 Å². The highest BCUT2D eigenvalue weighted by molar-refractivity contribution is 8.11. The van der Waals surface area contributed by atoms with E-state index in [0.29, 0.717) is 24.3 Å². The number of rotatable bonds is 10. The van der Waals surface area contributed by atoms with E-state index in [2.05, 4.69) is 54.5 Å². The Morgan fingerprint density at radius 2 is 1.09 bits per heavy atom. The number of hydrogen-bond donors (Lipinski definition) is 7. The number of cyclic esters (lactones) is 2. The first-order valence-electron chi connectivity index (χ1n) is 22.1. The van der Waals surface area contributed by atoms with Gasteiger partial charge in [0.2, 0.25) is 11.8 Å². The second-order valence-corrected chi connectivity index (χ2v) is 17.4. The summed E-state index contributed by atoms with van der Waals surface area (Å²) >= 11 is 5.21. The number of pyridine rings is 2. The Hall–Kier alpha value is -6.75. The molecule has 4 heterocycles. The topological polar surface area (TPSA) is 270 Å². The standard InChI is InChI=1S/C24H29FN4O6S.C23H29FN4O5S/c1-4-18-22(32)29-21(14(2)3)24(34)35-17(7-5-6-8-36-13-30)11-20(31)26-12-16-9-15(25)10-19(27-16)23(33)28-18;1-4-17-21(30)28-20(13(2)3)23(32)33-16(7-5-6-8-34)11-19(29)25-12-15-9-14(24)10-18(26-15)22(31)27-17/h4-5,7,9-10,13-14,17,21H,6,8,11-12H2,1-3H3,(H,26,31)(H,28,33)(H,29,32);4-5,7,9-10,13,16,20,34H,6,8,11-12H2,1-3H3,(H,25,29)(H,27,31)(H,28,30)/b7-5+,18-4-;7-5+,17-4-/t17-,21+;16-,20+/m11/s1. The van der Waals surface area contributed by atoms with Crippen molar-refractivity contribution in [2.45, 2.75) is 105 Å². The first-order valence-corrected chi connectivity index (χ1v) is 23.8. The summed E-state index contributed by atoms with van der Waals surface area (Å²) in [4.78, 5) is 120. The van der Waals surface area contributed by atoms with Gasteiger partial charge in [-0.2, -0.15) is 12.6 Å². The Morgan fingerprint density at radius 1 is 0.671 bits per heavy atom. The highest BCUT2D eigenvalue weighted by Crippen LogP contribution is 2.15. The number of esters is 2. The van der Waals surface area contributed by atoms with Gasteiger partial charge in [0.25, 0.3) is 23.6 Å². The molecule has 2 aromatic heterocycles. The smallest absolute Gasteiger partial charge is 0.329 e. The second kappa shape index (κ2) is 29.3. The normalized spacial score (nSPS) is 21.5. The fourth-order valence-corrected chi connectivity index (χ4v) is 6.74. The molecule has 2 aromatic rings. The third-order valence-corrected chi connectivity index (χ3v) is 10.7. The van der Waals surface area contributed by atoms with Gasteiger partial charge in [0, 0.05) is 17.9 Å². The lowest BCUT2D eigenvalue weighted by Crippen LogP contribution is -2.48. The van der Waals surface area contributed by atoms with Crippen LogP contribution in [0.1, 0.15) is 99.6 Å². The Labute approximate surface area is 413 Å². The van der Waals surface area contributed by atoms with E-state index in [0.717, 1.165) is 41.6 Å². The quantitative estimate of drug-likeness (QED) is 0.0448. The lowest BCUT2D eigenvalue weighted by Gasteiger charge is -2.24. The first kappa shape index (κ1) is 57.6. The molecule has 0 aliphatic carbocycles. The summed E-state index contributed by atoms with van der Waals surface area (Å²) in [5.41, 5.74) is 0.0649. The average Bonchev–Trinajstić information content (AvgIpc) is 3.30. The maximum Gasteiger partial charge on any atom is 0.329 e. The van der Waals surface area contributed by atoms with Crippen LogP contribution in [0.4, 0.5) is 8.78 Å². The van der Waals surface area contributed by atoms with Crippen molar-refractivity contribution < 1.29 is 61.4 Å². The Balaban J connectivity index is 0.000000371. The molecule has 378 valence electrons. The number of halogens is 2. The van der Waals surface area contributed by atoms with E-state index in [1.165, 1.54) is 26.0 Å². The van der Waals surface area contributed by atoms with Crippen molar-refractivity contribution in [2.75, 3.05) is 11.5 Å². The molecule has 4 bridgehead atoms. The van der Waals surface area contributed by atoms with Crippen LogP contribution in [0.25, 0.3) is 0 Å². The minimum atomic E-state index is -1.08. The van der Waals surface area contributed by atoms with Crippen LogP contribution in [-0.2, 0) is 56.1 Å². The number of ether oxygens (including phenoxy) is 2. The summed E-state index contributed by atoms with van der Waals surface area (Å²) in [7, 11) is 0. The lowest BCUT2D eigenvalue weighted by atomic mass is 10.0. The third kappa shape index (κ3) is 19.3. The monoisotopic (exact) mass is 1010 g/mol. The molecule has 2 aliphatic heterocycles. The summed E-state index contributed by atoms with van der Waals surface area (Å²) < 4.78 is 39.3. The number of thioether (sulfide) groups is 1. The number of nitrogens with zero attached hydrogens (tertiary/aromatic N) is 2. The number of hydrogen-bond acceptors (Lipinski definition) is 15. The van der Waals surface area contributed by atoms with Crippen LogP contribution >= 0.6 is 24.4 Å². The predicted molar refractivity (Wildman–Crippen MR) is 258 cm³/mol. The van der Waals surface area contributed by atoms with Crippen molar-refractivity contribution in [1.29, 1.82) is 0 Å². The minimum absolute atomic E-state index is 0.0851. The van der Waals surface area contributed by atoms with Gasteiger partial charge in [-0.15, -0.1) is 0 Å². The molecule has 4 atom stereocenters. The molecule has 2 aliphatic rings. The van der Waals surface area contributed by atoms with E-state index in [1.54, 1.807) is 52.0 Å². The molecule has 0 fully saturated rings. The van der Waals surface area contributed by atoms with Crippen LogP contribution < -0.4 is 31.9 Å². The Kier molecular flexibility index (Phi) is 24.1. The zero-order valence-corrected chi connectivity index (χ0v) is 41.2. The zero-order chi connectivity index (χ0) is 51.9. The third-order valence-electron chi connectivity index (χ3n) is 9.84. The molecular weight excluding hydrogens is 955 g/mol. The Morgan fingerprint density at radius 3 is 1.46 bits per heavy atom. The van der Waals surface area contributed by atoms with Gasteiger partial charge in [-0.25, -0.2) is 28.3 Å². The maximum absolute atomic E-state index is 14.1. The molecule has 19 nitrogen and oxygen atoms in total. The average molecular weight is 1010 g/mol. The van der Waals surface area contributed by atoms with Crippen LogP contribution in [0.5, 0.6) is 0 Å². The van der Waals surface area contributed by atoms with Crippen molar-refractivity contribution in [2.24, 2.45) is 11.8 Å². The van der Waals surface area contributed by atoms with Crippen molar-refractivity contribution in [3.63, 3.8) is 0 Å². The molecule has 0 saturated carbocycles. The summed E-state index contributed by atoms with van der Waals surface area (Å²) in [6.45, 7) is 9.55. The van der Waals surface area contributed by atoms with Crippen LogP contribution in [0, 0.1) is 23.5 Å². The van der Waals surface area contributed by atoms with E-state index in [9.17, 15) is 51.9 Å². The molecule has 6 N–H and O–H groups in total. The predicted octanol–water partition coefficient (Wildman–Crippen LogP) is 3.60. The van der Waals surface area contributed by atoms with Crippen LogP contribution in [-0.4, -0.2) is 98.8 Å². The van der Waals surface area contributed by atoms with Gasteiger partial charge in [0.05, 0.1) is 37.3 Å². The van der Waals surface area contributed by atoms with Crippen LogP contribution in [0.3, 0.4) is 0 Å². The molecule has 23 heteroatoms. The fraction of sp³-hybridized carbons (Fsp3) is 0.426. The second-order valence-electron chi connectivity index (χ2n) is 16.1. The number of nitrogens with one attached hydrogen (secondary N) is 6. The first-order chi connectivity index (χ1) is 33.3. The van der Waals surface area contributed by atoms with Crippen LogP contribution in [0.2, 0.25) is 0 Å². The molecule has 0 spiro atoms. The van der Waals surface area contributed by atoms with E-state index < -0.39 is 83.3 Å². The molecule has 0 saturated heterocycles. The van der Waals surface area contributed by atoms with Gasteiger partial charge in [-0.05, 0) is 68.6 Å². The minimum Gasteiger partial charge on any atom is -0.456 e. The number of amides is 6. The highest BCUT2D eigenvalue weighted by atomic mass is 32.2. The van der Waals surface area contributed by atoms with Gasteiger partial charge in [-0.3, -0.25) is 33.6 Å². The summed E-state index contributed by atoms with van der Waals surface area (Å²) in [6, 6.07) is 1.86. The van der Waals surface area contributed by atoms with Crippen molar-refractivity contribution >= 4 is 77.4 Å². The summed E-state index contributed by atoms with van der Waals surface area (Å²) in [5.74, 6) is -6.71. The molecule has 70 heavy (non-hydrogen) atoms. The maximum atomic E-state index is 14.1. The number of allylic oxidation sites excluding steroid dienone is 4. The molecule has 6 amide bonds. The molecular formula is C47H58F2N8O11S2. The summed E-state index contributed by atoms with van der Waals surface area (Å²) in [5, 5.41) is 15.0. The number of carbonyl (C=O) groups excluding carboxylic acids is 9. The Bertz CT molecular complexity index is 2380. The highest BCUT2D eigenvalue weighted by Gasteiger charge is 2.32. The van der Waals surface area contributed by atoms with Crippen molar-refractivity contribution in [1.82, 2.24) is 41.9 Å². The van der Waals surface area contributed by atoms with Gasteiger partial charge in [0.1, 0.15) is 58.7 Å². The fourth-order valence-electron chi connectivity index (χ4n) is 6.23. The number of aromatic nitrogens is 2. The SMILES string of the molecule is C/C=C1\NC(=O)c2cc(F)cc(n2)CNC(=O)C[C@@H](/C=C/CCS)OC(=O)[C@H](C(C)C)NC1=O.C/C=C1\NC(=O)c2cc(F)cc(n2)CNC(=O)C[C@@H](/C=C/CCSC=O)OC(=O)[C@H](C(C)C)NC1=O. The number of carbonyl (C=O) groups is 9. The number of fused-ring (bicyclic) bond motifs is 4. The largest absolute Gasteiger partial charge is 0.456 e. The van der Waals surface area contributed by atoms with Gasteiger partial charge in [-0.1, -0.05) is 63.8 Å². The van der Waals surface area contributed by atoms with Crippen LogP contribution in [0.15, 0.2) is 72.1 Å².